The van der Waals surface area contributed by atoms with Crippen LogP contribution in [0.5, 0.6) is 0 Å². The molecule has 1 rings (SSSR count). The maximum absolute atomic E-state index is 12.1. The van der Waals surface area contributed by atoms with E-state index in [0.717, 1.165) is 19.1 Å². The zero-order chi connectivity index (χ0) is 24.5. The van der Waals surface area contributed by atoms with Crippen LogP contribution in [0.3, 0.4) is 0 Å². The number of allylic oxidation sites excluding steroid dienone is 9. The van der Waals surface area contributed by atoms with Crippen LogP contribution < -0.4 is 34.9 Å². The molecule has 7 nitrogen and oxygen atoms in total. The van der Waals surface area contributed by atoms with Crippen LogP contribution in [0, 0.1) is 5.41 Å². The Morgan fingerprint density at radius 2 is 1.85 bits per heavy atom. The molecular weight excluding hydrogens is 453 g/mol. The van der Waals surface area contributed by atoms with E-state index in [-0.39, 0.29) is 35.0 Å². The Hall–Kier alpha value is -1.45. The fourth-order valence-electron chi connectivity index (χ4n) is 3.62. The van der Waals surface area contributed by atoms with Gasteiger partial charge in [-0.05, 0) is 56.6 Å². The third-order valence-corrected chi connectivity index (χ3v) is 6.05. The van der Waals surface area contributed by atoms with Crippen LogP contribution in [0.2, 0.25) is 0 Å². The molecule has 1 aliphatic carbocycles. The zero-order valence-corrected chi connectivity index (χ0v) is 23.5. The number of hydrogen-bond donors (Lipinski definition) is 1. The van der Waals surface area contributed by atoms with E-state index in [1.165, 1.54) is 30.1 Å². The molecule has 0 bridgehead atoms. The first kappa shape index (κ1) is 31.6. The largest absolute Gasteiger partial charge is 1.00 e. The van der Waals surface area contributed by atoms with E-state index in [2.05, 4.69) is 43.0 Å². The van der Waals surface area contributed by atoms with Gasteiger partial charge in [0.25, 0.3) is 0 Å². The Balaban J connectivity index is 0.0000102. The average Bonchev–Trinajstić information content (AvgIpc) is 2.64. The summed E-state index contributed by atoms with van der Waals surface area (Å²) in [5.41, 5.74) is 4.62. The second kappa shape index (κ2) is 14.1. The van der Waals surface area contributed by atoms with Crippen molar-refractivity contribution in [2.24, 2.45) is 5.41 Å². The third kappa shape index (κ3) is 12.0. The van der Waals surface area contributed by atoms with Crippen molar-refractivity contribution in [2.75, 3.05) is 12.9 Å². The normalized spacial score (nSPS) is 18.3. The smallest absolute Gasteiger partial charge is 0.748 e. The fourth-order valence-corrected chi connectivity index (χ4v) is 4.24. The van der Waals surface area contributed by atoms with Crippen LogP contribution in [-0.2, 0) is 24.4 Å². The van der Waals surface area contributed by atoms with Gasteiger partial charge in [0.05, 0.1) is 23.0 Å². The van der Waals surface area contributed by atoms with Crippen molar-refractivity contribution in [3.05, 3.63) is 58.7 Å². The number of carbonyl (C=O) groups excluding carboxylic acids is 2. The summed E-state index contributed by atoms with van der Waals surface area (Å²) in [6.45, 7) is 10.4. The quantitative estimate of drug-likeness (QED) is 0.169. The standard InChI is InChI=1S/C24H35NO6S.Na/c1-17(12-13-20-19(3)11-8-14-24(20,4)5)9-7-10-18(2)15-22(26)25-21(23(27)31-6)16-32(28,29)30;/h7,9-10,12-13,15,21H,8,11,14,16H2,1-6H3,(H,25,26)(H,28,29,30);/q;+1/p-1/b10-7+,13-12+,17-9+,18-15+;/t21-;/m1./s1. The van der Waals surface area contributed by atoms with E-state index in [9.17, 15) is 22.6 Å². The van der Waals surface area contributed by atoms with Crippen molar-refractivity contribution in [1.29, 1.82) is 0 Å². The molecule has 0 unspecified atom stereocenters. The summed E-state index contributed by atoms with van der Waals surface area (Å²) < 4.78 is 37.2. The second-order valence-electron chi connectivity index (χ2n) is 8.73. The number of hydrogen-bond acceptors (Lipinski definition) is 6. The first-order valence-corrected chi connectivity index (χ1v) is 12.1. The van der Waals surface area contributed by atoms with Crippen LogP contribution in [0.1, 0.15) is 53.9 Å². The second-order valence-corrected chi connectivity index (χ2v) is 10.2. The predicted octanol–water partition coefficient (Wildman–Crippen LogP) is 0.725. The van der Waals surface area contributed by atoms with Gasteiger partial charge in [0, 0.05) is 6.08 Å². The summed E-state index contributed by atoms with van der Waals surface area (Å²) in [5.74, 6) is -2.78. The van der Waals surface area contributed by atoms with Crippen LogP contribution in [0.15, 0.2) is 58.7 Å². The number of rotatable bonds is 9. The van der Waals surface area contributed by atoms with Gasteiger partial charge < -0.3 is 14.6 Å². The molecule has 0 aromatic carbocycles. The van der Waals surface area contributed by atoms with Crippen LogP contribution in [-0.4, -0.2) is 43.8 Å². The van der Waals surface area contributed by atoms with Gasteiger partial charge in [0.15, 0.2) is 0 Å². The summed E-state index contributed by atoms with van der Waals surface area (Å²) in [6.07, 6.45) is 14.4. The molecular formula is C24H34NNaO6S. The Labute approximate surface area is 220 Å². The summed E-state index contributed by atoms with van der Waals surface area (Å²) >= 11 is 0. The molecule has 0 heterocycles. The Morgan fingerprint density at radius 1 is 1.21 bits per heavy atom. The maximum Gasteiger partial charge on any atom is 1.00 e. The van der Waals surface area contributed by atoms with Gasteiger partial charge in [-0.1, -0.05) is 55.4 Å². The van der Waals surface area contributed by atoms with Crippen LogP contribution >= 0.6 is 0 Å². The monoisotopic (exact) mass is 487 g/mol. The Kier molecular flexibility index (Phi) is 13.4. The topological polar surface area (TPSA) is 113 Å². The van der Waals surface area contributed by atoms with Crippen LogP contribution in [0.4, 0.5) is 0 Å². The SMILES string of the molecule is COC(=O)[C@@H](CS(=O)(=O)[O-])NC(=O)/C=C(C)/C=C/C=C(C)/C=C/C1=C(C)CCCC1(C)C.[Na+]. The number of nitrogens with one attached hydrogen (secondary N) is 1. The van der Waals surface area contributed by atoms with Crippen molar-refractivity contribution < 1.29 is 56.9 Å². The third-order valence-electron chi connectivity index (χ3n) is 5.31. The van der Waals surface area contributed by atoms with Gasteiger partial charge in [0.2, 0.25) is 5.91 Å². The van der Waals surface area contributed by atoms with Gasteiger partial charge >= 0.3 is 35.5 Å². The summed E-state index contributed by atoms with van der Waals surface area (Å²) in [6, 6.07) is -1.56. The van der Waals surface area contributed by atoms with Gasteiger partial charge in [-0.2, -0.15) is 0 Å². The molecule has 0 saturated heterocycles. The molecule has 33 heavy (non-hydrogen) atoms. The molecule has 0 spiro atoms. The number of ether oxygens (including phenoxy) is 1. The van der Waals surface area contributed by atoms with E-state index in [0.29, 0.717) is 5.57 Å². The fraction of sp³-hybridized carbons (Fsp3) is 0.500. The molecule has 0 saturated carbocycles. The molecule has 1 atom stereocenters. The molecule has 0 fully saturated rings. The maximum atomic E-state index is 12.1. The zero-order valence-electron chi connectivity index (χ0n) is 20.7. The van der Waals surface area contributed by atoms with Crippen molar-refractivity contribution in [1.82, 2.24) is 5.32 Å². The molecule has 178 valence electrons. The molecule has 1 N–H and O–H groups in total. The minimum Gasteiger partial charge on any atom is -0.748 e. The Morgan fingerprint density at radius 3 is 2.39 bits per heavy atom. The van der Waals surface area contributed by atoms with Gasteiger partial charge in [-0.15, -0.1) is 0 Å². The van der Waals surface area contributed by atoms with Gasteiger partial charge in [-0.3, -0.25) is 4.79 Å². The number of amides is 1. The minimum absolute atomic E-state index is 0. The predicted molar refractivity (Wildman–Crippen MR) is 125 cm³/mol. The summed E-state index contributed by atoms with van der Waals surface area (Å²) in [5, 5.41) is 2.19. The van der Waals surface area contributed by atoms with E-state index >= 15 is 0 Å². The number of carbonyl (C=O) groups is 2. The van der Waals surface area contributed by atoms with E-state index in [4.69, 9.17) is 0 Å². The van der Waals surface area contributed by atoms with Crippen molar-refractivity contribution >= 4 is 22.0 Å². The molecule has 1 aliphatic rings. The molecule has 0 radical (unpaired) electrons. The van der Waals surface area contributed by atoms with Crippen molar-refractivity contribution in [3.63, 3.8) is 0 Å². The number of esters is 1. The molecule has 0 aliphatic heterocycles. The molecule has 1 amide bonds. The molecule has 0 aromatic rings. The first-order valence-electron chi connectivity index (χ1n) is 10.5. The van der Waals surface area contributed by atoms with Gasteiger partial charge in [0.1, 0.15) is 6.04 Å². The van der Waals surface area contributed by atoms with E-state index < -0.39 is 33.8 Å². The van der Waals surface area contributed by atoms with Crippen molar-refractivity contribution in [2.45, 2.75) is 59.9 Å². The first-order chi connectivity index (χ1) is 14.7. The average molecular weight is 488 g/mol. The van der Waals surface area contributed by atoms with E-state index in [1.807, 2.05) is 13.0 Å². The van der Waals surface area contributed by atoms with Crippen LogP contribution in [0.25, 0.3) is 0 Å². The minimum atomic E-state index is -4.72. The van der Waals surface area contributed by atoms with Crippen molar-refractivity contribution in [3.8, 4) is 0 Å². The molecule has 0 aromatic heterocycles. The Bertz CT molecular complexity index is 971. The number of methoxy groups -OCH3 is 1. The van der Waals surface area contributed by atoms with E-state index in [1.54, 1.807) is 19.1 Å². The van der Waals surface area contributed by atoms with Gasteiger partial charge in [-0.25, -0.2) is 13.2 Å². The summed E-state index contributed by atoms with van der Waals surface area (Å²) in [7, 11) is -3.68. The summed E-state index contributed by atoms with van der Waals surface area (Å²) in [4.78, 5) is 23.7. The molecule has 9 heteroatoms.